The van der Waals surface area contributed by atoms with E-state index in [1.54, 1.807) is 12.1 Å². The molecule has 2 rings (SSSR count). The first-order valence-corrected chi connectivity index (χ1v) is 7.14. The van der Waals surface area contributed by atoms with Crippen molar-refractivity contribution in [2.45, 2.75) is 25.7 Å². The van der Waals surface area contributed by atoms with Crippen LogP contribution in [0.1, 0.15) is 31.2 Å². The van der Waals surface area contributed by atoms with Crippen molar-refractivity contribution in [3.05, 3.63) is 29.6 Å². The number of hydrogen-bond acceptors (Lipinski definition) is 3. The standard InChI is InChI=1S/C16H22FN3/c1-20(2)12-16(8-3-4-9-16)11-19-15-7-5-6-14(17)13(15)10-18/h5-7,19H,3-4,8-9,11-12H2,1-2H3. The van der Waals surface area contributed by atoms with Crippen LogP contribution in [0, 0.1) is 22.6 Å². The molecule has 0 aliphatic heterocycles. The van der Waals surface area contributed by atoms with E-state index < -0.39 is 5.82 Å². The molecule has 1 aliphatic rings. The van der Waals surface area contributed by atoms with Gasteiger partial charge in [-0.25, -0.2) is 4.39 Å². The Kier molecular flexibility index (Phi) is 4.61. The number of benzene rings is 1. The molecule has 1 fully saturated rings. The predicted molar refractivity (Wildman–Crippen MR) is 79.1 cm³/mol. The van der Waals surface area contributed by atoms with Crippen molar-refractivity contribution in [3.8, 4) is 6.07 Å². The maximum absolute atomic E-state index is 13.6. The van der Waals surface area contributed by atoms with E-state index in [0.717, 1.165) is 13.1 Å². The van der Waals surface area contributed by atoms with Gasteiger partial charge in [-0.15, -0.1) is 0 Å². The molecule has 0 saturated heterocycles. The third kappa shape index (κ3) is 3.29. The van der Waals surface area contributed by atoms with Gasteiger partial charge in [0.15, 0.2) is 0 Å². The molecule has 0 heterocycles. The monoisotopic (exact) mass is 275 g/mol. The number of anilines is 1. The molecule has 1 N–H and O–H groups in total. The van der Waals surface area contributed by atoms with Crippen molar-refractivity contribution in [1.82, 2.24) is 4.90 Å². The molecule has 0 atom stereocenters. The lowest BCUT2D eigenvalue weighted by atomic mass is 9.85. The largest absolute Gasteiger partial charge is 0.383 e. The molecule has 0 unspecified atom stereocenters. The van der Waals surface area contributed by atoms with Gasteiger partial charge in [-0.1, -0.05) is 18.9 Å². The first-order chi connectivity index (χ1) is 9.56. The van der Waals surface area contributed by atoms with Gasteiger partial charge in [0.1, 0.15) is 17.4 Å². The summed E-state index contributed by atoms with van der Waals surface area (Å²) in [5.74, 6) is -0.453. The van der Waals surface area contributed by atoms with Crippen LogP contribution in [0.15, 0.2) is 18.2 Å². The van der Waals surface area contributed by atoms with Crippen molar-refractivity contribution in [2.75, 3.05) is 32.5 Å². The maximum atomic E-state index is 13.6. The number of hydrogen-bond donors (Lipinski definition) is 1. The molecule has 1 aliphatic carbocycles. The molecule has 0 aromatic heterocycles. The fraction of sp³-hybridized carbons (Fsp3) is 0.562. The van der Waals surface area contributed by atoms with Crippen LogP contribution in [0.5, 0.6) is 0 Å². The second-order valence-corrected chi connectivity index (χ2v) is 6.07. The molecule has 4 heteroatoms. The van der Waals surface area contributed by atoms with Gasteiger partial charge >= 0.3 is 0 Å². The van der Waals surface area contributed by atoms with Crippen LogP contribution in [0.4, 0.5) is 10.1 Å². The van der Waals surface area contributed by atoms with Gasteiger partial charge in [-0.3, -0.25) is 0 Å². The fourth-order valence-corrected chi connectivity index (χ4v) is 3.25. The number of nitriles is 1. The SMILES string of the molecule is CN(C)CC1(CNc2cccc(F)c2C#N)CCCC1. The van der Waals surface area contributed by atoms with E-state index >= 15 is 0 Å². The first-order valence-electron chi connectivity index (χ1n) is 7.14. The second-order valence-electron chi connectivity index (χ2n) is 6.07. The van der Waals surface area contributed by atoms with Crippen LogP contribution in [0.25, 0.3) is 0 Å². The van der Waals surface area contributed by atoms with Crippen LogP contribution in [0.3, 0.4) is 0 Å². The summed E-state index contributed by atoms with van der Waals surface area (Å²) in [7, 11) is 4.17. The van der Waals surface area contributed by atoms with E-state index in [0.29, 0.717) is 5.69 Å². The van der Waals surface area contributed by atoms with Gasteiger partial charge in [0.25, 0.3) is 0 Å². The molecule has 0 radical (unpaired) electrons. The minimum Gasteiger partial charge on any atom is -0.383 e. The zero-order chi connectivity index (χ0) is 14.6. The molecular weight excluding hydrogens is 253 g/mol. The molecule has 0 bridgehead atoms. The van der Waals surface area contributed by atoms with Crippen LogP contribution >= 0.6 is 0 Å². The quantitative estimate of drug-likeness (QED) is 0.896. The highest BCUT2D eigenvalue weighted by atomic mass is 19.1. The summed E-state index contributed by atoms with van der Waals surface area (Å²) in [6, 6.07) is 6.70. The molecular formula is C16H22FN3. The minimum atomic E-state index is -0.453. The van der Waals surface area contributed by atoms with Crippen molar-refractivity contribution in [2.24, 2.45) is 5.41 Å². The molecule has 3 nitrogen and oxygen atoms in total. The van der Waals surface area contributed by atoms with Crippen molar-refractivity contribution in [1.29, 1.82) is 5.26 Å². The summed E-state index contributed by atoms with van der Waals surface area (Å²) in [6.45, 7) is 1.82. The van der Waals surface area contributed by atoms with Gasteiger partial charge in [0.2, 0.25) is 0 Å². The third-order valence-electron chi connectivity index (χ3n) is 4.10. The summed E-state index contributed by atoms with van der Waals surface area (Å²) < 4.78 is 13.6. The lowest BCUT2D eigenvalue weighted by Gasteiger charge is -2.32. The topological polar surface area (TPSA) is 39.1 Å². The Balaban J connectivity index is 2.11. The number of rotatable bonds is 5. The van der Waals surface area contributed by atoms with E-state index in [-0.39, 0.29) is 11.0 Å². The Morgan fingerprint density at radius 1 is 1.35 bits per heavy atom. The predicted octanol–water partition coefficient (Wildman–Crippen LogP) is 3.23. The summed E-state index contributed by atoms with van der Waals surface area (Å²) in [6.07, 6.45) is 4.89. The maximum Gasteiger partial charge on any atom is 0.143 e. The van der Waals surface area contributed by atoms with Crippen molar-refractivity contribution in [3.63, 3.8) is 0 Å². The third-order valence-corrected chi connectivity index (χ3v) is 4.10. The fourth-order valence-electron chi connectivity index (χ4n) is 3.25. The normalized spacial score (nSPS) is 17.1. The van der Waals surface area contributed by atoms with Crippen LogP contribution in [-0.2, 0) is 0 Å². The molecule has 1 aromatic rings. The molecule has 20 heavy (non-hydrogen) atoms. The van der Waals surface area contributed by atoms with Gasteiger partial charge in [0, 0.05) is 18.5 Å². The van der Waals surface area contributed by atoms with E-state index in [1.807, 2.05) is 6.07 Å². The molecule has 0 amide bonds. The van der Waals surface area contributed by atoms with Gasteiger partial charge < -0.3 is 10.2 Å². The zero-order valence-electron chi connectivity index (χ0n) is 12.2. The van der Waals surface area contributed by atoms with Crippen LogP contribution < -0.4 is 5.32 Å². The molecule has 0 spiro atoms. The number of nitrogens with zero attached hydrogens (tertiary/aromatic N) is 2. The Labute approximate surface area is 120 Å². The van der Waals surface area contributed by atoms with Crippen molar-refractivity contribution < 1.29 is 4.39 Å². The van der Waals surface area contributed by atoms with Gasteiger partial charge in [0.05, 0.1) is 5.69 Å². The van der Waals surface area contributed by atoms with E-state index in [2.05, 4.69) is 24.3 Å². The second kappa shape index (κ2) is 6.23. The summed E-state index contributed by atoms with van der Waals surface area (Å²) in [5.41, 5.74) is 0.964. The summed E-state index contributed by atoms with van der Waals surface area (Å²) in [4.78, 5) is 2.21. The lowest BCUT2D eigenvalue weighted by molar-refractivity contribution is 0.215. The summed E-state index contributed by atoms with van der Waals surface area (Å²) >= 11 is 0. The average Bonchev–Trinajstić information content (AvgIpc) is 2.84. The zero-order valence-corrected chi connectivity index (χ0v) is 12.2. The highest BCUT2D eigenvalue weighted by Crippen LogP contribution is 2.39. The van der Waals surface area contributed by atoms with E-state index in [1.165, 1.54) is 31.7 Å². The minimum absolute atomic E-state index is 0.116. The summed E-state index contributed by atoms with van der Waals surface area (Å²) in [5, 5.41) is 12.4. The highest BCUT2D eigenvalue weighted by Gasteiger charge is 2.34. The van der Waals surface area contributed by atoms with Crippen LogP contribution in [-0.4, -0.2) is 32.1 Å². The van der Waals surface area contributed by atoms with Crippen molar-refractivity contribution >= 4 is 5.69 Å². The number of halogens is 1. The molecule has 1 aromatic carbocycles. The van der Waals surface area contributed by atoms with Crippen LogP contribution in [0.2, 0.25) is 0 Å². The average molecular weight is 275 g/mol. The first kappa shape index (κ1) is 14.8. The number of nitrogens with one attached hydrogen (secondary N) is 1. The van der Waals surface area contributed by atoms with E-state index in [9.17, 15) is 4.39 Å². The van der Waals surface area contributed by atoms with Gasteiger partial charge in [-0.05, 0) is 39.1 Å². The Bertz CT molecular complexity index is 499. The Hall–Kier alpha value is -1.60. The smallest absolute Gasteiger partial charge is 0.143 e. The lowest BCUT2D eigenvalue weighted by Crippen LogP contribution is -2.37. The highest BCUT2D eigenvalue weighted by molar-refractivity contribution is 5.58. The molecule has 108 valence electrons. The molecule has 1 saturated carbocycles. The van der Waals surface area contributed by atoms with Gasteiger partial charge in [-0.2, -0.15) is 5.26 Å². The Morgan fingerprint density at radius 3 is 2.65 bits per heavy atom. The Morgan fingerprint density at radius 2 is 2.05 bits per heavy atom. The van der Waals surface area contributed by atoms with E-state index in [4.69, 9.17) is 5.26 Å².